The van der Waals surface area contributed by atoms with Crippen molar-refractivity contribution in [1.82, 2.24) is 9.80 Å². The first-order valence-electron chi connectivity index (χ1n) is 8.01. The number of nitro groups is 2. The molecule has 2 rings (SSSR count). The predicted molar refractivity (Wildman–Crippen MR) is 82.3 cm³/mol. The minimum atomic E-state index is -0.739. The van der Waals surface area contributed by atoms with E-state index in [0.717, 1.165) is 0 Å². The van der Waals surface area contributed by atoms with Gasteiger partial charge in [-0.25, -0.2) is 0 Å². The highest BCUT2D eigenvalue weighted by Gasteiger charge is 2.54. The van der Waals surface area contributed by atoms with E-state index in [-0.39, 0.29) is 11.8 Å². The fourth-order valence-electron chi connectivity index (χ4n) is 2.84. The number of hydrogen-bond acceptors (Lipinski definition) is 6. The van der Waals surface area contributed by atoms with E-state index in [4.69, 9.17) is 0 Å². The number of unbranched alkanes of at least 4 members (excludes halogenated alkanes) is 1. The van der Waals surface area contributed by atoms with Crippen molar-refractivity contribution in [2.75, 3.05) is 27.2 Å². The van der Waals surface area contributed by atoms with Crippen LogP contribution >= 0.6 is 0 Å². The Morgan fingerprint density at radius 2 is 1.21 bits per heavy atom. The van der Waals surface area contributed by atoms with Crippen molar-refractivity contribution in [2.45, 2.75) is 37.8 Å². The number of carbonyl (C=O) groups is 2. The van der Waals surface area contributed by atoms with Gasteiger partial charge in [-0.05, 0) is 12.8 Å². The van der Waals surface area contributed by atoms with E-state index in [0.29, 0.717) is 38.8 Å². The lowest BCUT2D eigenvalue weighted by atomic mass is 10.2. The molecule has 10 heteroatoms. The van der Waals surface area contributed by atoms with Crippen LogP contribution in [0.3, 0.4) is 0 Å². The second-order valence-corrected chi connectivity index (χ2v) is 6.62. The minimum Gasteiger partial charge on any atom is -0.345 e. The van der Waals surface area contributed by atoms with Gasteiger partial charge in [0.15, 0.2) is 0 Å². The van der Waals surface area contributed by atoms with Gasteiger partial charge in [-0.1, -0.05) is 0 Å². The lowest BCUT2D eigenvalue weighted by molar-refractivity contribution is -0.497. The molecule has 4 unspecified atom stereocenters. The van der Waals surface area contributed by atoms with Crippen molar-refractivity contribution in [2.24, 2.45) is 11.8 Å². The van der Waals surface area contributed by atoms with Crippen LogP contribution in [0, 0.1) is 32.1 Å². The van der Waals surface area contributed by atoms with E-state index in [1.54, 1.807) is 14.1 Å². The van der Waals surface area contributed by atoms with Gasteiger partial charge in [0.05, 0.1) is 0 Å². The standard InChI is InChI=1S/C14H22N4O6/c1-15(13(19)9-7-11(9)17(21)22)5-3-4-6-16(2)14(20)10-8-12(10)18(23)24/h9-12H,3-8H2,1-2H3. The molecule has 2 aliphatic carbocycles. The molecule has 4 atom stereocenters. The Morgan fingerprint density at radius 3 is 1.46 bits per heavy atom. The summed E-state index contributed by atoms with van der Waals surface area (Å²) < 4.78 is 0. The Hall–Kier alpha value is -2.26. The third-order valence-corrected chi connectivity index (χ3v) is 4.68. The Morgan fingerprint density at radius 1 is 0.875 bits per heavy atom. The second-order valence-electron chi connectivity index (χ2n) is 6.62. The molecule has 134 valence electrons. The molecule has 2 aliphatic rings. The largest absolute Gasteiger partial charge is 0.345 e. The second kappa shape index (κ2) is 7.10. The van der Waals surface area contributed by atoms with E-state index in [2.05, 4.69) is 0 Å². The molecule has 2 saturated carbocycles. The molecule has 10 nitrogen and oxygen atoms in total. The number of amides is 2. The van der Waals surface area contributed by atoms with Gasteiger partial charge in [-0.15, -0.1) is 0 Å². The van der Waals surface area contributed by atoms with Crippen molar-refractivity contribution in [3.63, 3.8) is 0 Å². The zero-order valence-corrected chi connectivity index (χ0v) is 13.8. The van der Waals surface area contributed by atoms with Gasteiger partial charge in [0.1, 0.15) is 11.8 Å². The molecule has 0 bridgehead atoms. The first-order chi connectivity index (χ1) is 11.2. The maximum absolute atomic E-state index is 11.9. The lowest BCUT2D eigenvalue weighted by Gasteiger charge is -2.19. The first-order valence-corrected chi connectivity index (χ1v) is 8.01. The van der Waals surface area contributed by atoms with Gasteiger partial charge in [0.25, 0.3) is 0 Å². The molecule has 24 heavy (non-hydrogen) atoms. The molecule has 0 saturated heterocycles. The Balaban J connectivity index is 1.61. The summed E-state index contributed by atoms with van der Waals surface area (Å²) in [5.41, 5.74) is 0. The SMILES string of the molecule is CN(CCCCN(C)C(=O)C1CC1[N+](=O)[O-])C(=O)C1CC1[N+](=O)[O-]. The topological polar surface area (TPSA) is 127 Å². The van der Waals surface area contributed by atoms with E-state index in [1.807, 2.05) is 0 Å². The number of nitrogens with zero attached hydrogens (tertiary/aromatic N) is 4. The summed E-state index contributed by atoms with van der Waals surface area (Å²) in [5, 5.41) is 21.2. The van der Waals surface area contributed by atoms with Crippen LogP contribution in [-0.2, 0) is 9.59 Å². The van der Waals surface area contributed by atoms with E-state index >= 15 is 0 Å². The summed E-state index contributed by atoms with van der Waals surface area (Å²) in [6, 6.07) is -1.48. The van der Waals surface area contributed by atoms with Crippen molar-refractivity contribution >= 4 is 11.8 Å². The summed E-state index contributed by atoms with van der Waals surface area (Å²) in [6.45, 7) is 0.950. The summed E-state index contributed by atoms with van der Waals surface area (Å²) in [7, 11) is 3.25. The monoisotopic (exact) mass is 342 g/mol. The van der Waals surface area contributed by atoms with Gasteiger partial charge >= 0.3 is 0 Å². The molecule has 0 heterocycles. The molecule has 0 aromatic rings. The lowest BCUT2D eigenvalue weighted by Crippen LogP contribution is -2.33. The average Bonchev–Trinajstić information content (AvgIpc) is 3.40. The van der Waals surface area contributed by atoms with Gasteiger partial charge in [0, 0.05) is 49.9 Å². The van der Waals surface area contributed by atoms with Gasteiger partial charge < -0.3 is 9.80 Å². The van der Waals surface area contributed by atoms with E-state index < -0.39 is 33.8 Å². The van der Waals surface area contributed by atoms with Crippen molar-refractivity contribution in [1.29, 1.82) is 0 Å². The Bertz CT molecular complexity index is 505. The molecular formula is C14H22N4O6. The van der Waals surface area contributed by atoms with Crippen molar-refractivity contribution in [3.05, 3.63) is 20.2 Å². The average molecular weight is 342 g/mol. The fourth-order valence-corrected chi connectivity index (χ4v) is 2.84. The fraction of sp³-hybridized carbons (Fsp3) is 0.857. The molecule has 0 aromatic carbocycles. The third-order valence-electron chi connectivity index (χ3n) is 4.68. The van der Waals surface area contributed by atoms with Crippen LogP contribution in [0.25, 0.3) is 0 Å². The Kier molecular flexibility index (Phi) is 5.35. The highest BCUT2D eigenvalue weighted by Crippen LogP contribution is 2.35. The quantitative estimate of drug-likeness (QED) is 0.330. The molecule has 0 aromatic heterocycles. The number of rotatable bonds is 9. The zero-order valence-electron chi connectivity index (χ0n) is 13.8. The maximum Gasteiger partial charge on any atom is 0.232 e. The molecule has 0 N–H and O–H groups in total. The summed E-state index contributed by atoms with van der Waals surface area (Å²) >= 11 is 0. The number of carbonyl (C=O) groups excluding carboxylic acids is 2. The molecule has 2 amide bonds. The van der Waals surface area contributed by atoms with Crippen molar-refractivity contribution in [3.8, 4) is 0 Å². The third kappa shape index (κ3) is 4.18. The summed E-state index contributed by atoms with van der Waals surface area (Å²) in [6.07, 6.45) is 1.96. The van der Waals surface area contributed by atoms with Crippen LogP contribution in [0.2, 0.25) is 0 Å². The van der Waals surface area contributed by atoms with Gasteiger partial charge in [0.2, 0.25) is 23.9 Å². The maximum atomic E-state index is 11.9. The van der Waals surface area contributed by atoms with Crippen LogP contribution in [-0.4, -0.2) is 70.7 Å². The predicted octanol–water partition coefficient (Wildman–Crippen LogP) is 0.0138. The normalized spacial score (nSPS) is 27.2. The van der Waals surface area contributed by atoms with Crippen LogP contribution in [0.15, 0.2) is 0 Å². The minimum absolute atomic E-state index is 0.201. The molecule has 2 fully saturated rings. The Labute approximate surface area is 139 Å². The van der Waals surface area contributed by atoms with Crippen molar-refractivity contribution < 1.29 is 19.4 Å². The van der Waals surface area contributed by atoms with Crippen LogP contribution in [0.4, 0.5) is 0 Å². The van der Waals surface area contributed by atoms with Crippen LogP contribution in [0.1, 0.15) is 25.7 Å². The zero-order chi connectivity index (χ0) is 18.0. The highest BCUT2D eigenvalue weighted by atomic mass is 16.6. The number of hydrogen-bond donors (Lipinski definition) is 0. The molecule has 0 aliphatic heterocycles. The van der Waals surface area contributed by atoms with E-state index in [1.165, 1.54) is 9.80 Å². The summed E-state index contributed by atoms with van der Waals surface area (Å²) in [5.74, 6) is -1.40. The van der Waals surface area contributed by atoms with Crippen LogP contribution in [0.5, 0.6) is 0 Å². The molecular weight excluding hydrogens is 320 g/mol. The molecule has 0 radical (unpaired) electrons. The first kappa shape index (κ1) is 18.1. The van der Waals surface area contributed by atoms with Crippen LogP contribution < -0.4 is 0 Å². The van der Waals surface area contributed by atoms with Gasteiger partial charge in [-0.2, -0.15) is 0 Å². The smallest absolute Gasteiger partial charge is 0.232 e. The highest BCUT2D eigenvalue weighted by molar-refractivity contribution is 5.82. The summed E-state index contributed by atoms with van der Waals surface area (Å²) in [4.78, 5) is 47.2. The van der Waals surface area contributed by atoms with Gasteiger partial charge in [-0.3, -0.25) is 29.8 Å². The molecule has 0 spiro atoms. The van der Waals surface area contributed by atoms with E-state index in [9.17, 15) is 29.8 Å².